The van der Waals surface area contributed by atoms with E-state index in [9.17, 15) is 4.79 Å². The largest absolute Gasteiger partial charge is 0.484 e. The smallest absolute Gasteiger partial charge is 0.264 e. The average molecular weight is 409 g/mol. The van der Waals surface area contributed by atoms with E-state index in [4.69, 9.17) is 4.74 Å². The predicted molar refractivity (Wildman–Crippen MR) is 120 cm³/mol. The van der Waals surface area contributed by atoms with Gasteiger partial charge in [-0.1, -0.05) is 64.1 Å². The second-order valence-corrected chi connectivity index (χ2v) is 9.20. The predicted octanol–water partition coefficient (Wildman–Crippen LogP) is 5.61. The summed E-state index contributed by atoms with van der Waals surface area (Å²) in [6.45, 7) is 8.61. The van der Waals surface area contributed by atoms with Gasteiger partial charge in [0.05, 0.1) is 0 Å². The first-order chi connectivity index (χ1) is 13.8. The summed E-state index contributed by atoms with van der Waals surface area (Å²) >= 11 is 1.49. The van der Waals surface area contributed by atoms with Crippen LogP contribution in [0.25, 0.3) is 0 Å². The van der Waals surface area contributed by atoms with Gasteiger partial charge in [0.2, 0.25) is 0 Å². The first-order valence-electron chi connectivity index (χ1n) is 9.89. The number of nitrogens with zero attached hydrogens (tertiary/aromatic N) is 1. The molecule has 3 rings (SSSR count). The SMILES string of the molecule is CCc1ccc(Cc2cnc(NC(=O)COc3ccc(C(C)(C)C)cc3)s2)cc1. The summed E-state index contributed by atoms with van der Waals surface area (Å²) in [6, 6.07) is 16.5. The van der Waals surface area contributed by atoms with Gasteiger partial charge in [0.15, 0.2) is 11.7 Å². The van der Waals surface area contributed by atoms with Crippen LogP contribution in [-0.2, 0) is 23.1 Å². The molecule has 0 atom stereocenters. The van der Waals surface area contributed by atoms with Crippen molar-refractivity contribution in [1.82, 2.24) is 4.98 Å². The van der Waals surface area contributed by atoms with Crippen molar-refractivity contribution < 1.29 is 9.53 Å². The van der Waals surface area contributed by atoms with E-state index in [0.29, 0.717) is 10.9 Å². The number of rotatable bonds is 7. The summed E-state index contributed by atoms with van der Waals surface area (Å²) in [4.78, 5) is 17.6. The Labute approximate surface area is 177 Å². The Morgan fingerprint density at radius 3 is 2.31 bits per heavy atom. The van der Waals surface area contributed by atoms with Crippen LogP contribution in [0.1, 0.15) is 49.3 Å². The molecule has 0 fully saturated rings. The third kappa shape index (κ3) is 6.16. The molecule has 0 spiro atoms. The Kier molecular flexibility index (Phi) is 6.70. The number of ether oxygens (including phenoxy) is 1. The van der Waals surface area contributed by atoms with Crippen LogP contribution in [0.3, 0.4) is 0 Å². The Balaban J connectivity index is 1.49. The van der Waals surface area contributed by atoms with Crippen LogP contribution in [0.2, 0.25) is 0 Å². The minimum absolute atomic E-state index is 0.0394. The van der Waals surface area contributed by atoms with Gasteiger partial charge >= 0.3 is 0 Å². The molecule has 2 aromatic carbocycles. The fraction of sp³-hybridized carbons (Fsp3) is 0.333. The van der Waals surface area contributed by atoms with E-state index in [2.05, 4.69) is 62.3 Å². The molecule has 0 bridgehead atoms. The quantitative estimate of drug-likeness (QED) is 0.553. The van der Waals surface area contributed by atoms with Crippen LogP contribution >= 0.6 is 11.3 Å². The van der Waals surface area contributed by atoms with Gasteiger partial charge in [0, 0.05) is 17.5 Å². The van der Waals surface area contributed by atoms with E-state index in [1.807, 2.05) is 30.5 Å². The van der Waals surface area contributed by atoms with Crippen molar-refractivity contribution in [2.24, 2.45) is 0 Å². The lowest BCUT2D eigenvalue weighted by atomic mass is 9.87. The molecular weight excluding hydrogens is 380 g/mol. The zero-order valence-electron chi connectivity index (χ0n) is 17.5. The van der Waals surface area contributed by atoms with E-state index < -0.39 is 0 Å². The first kappa shape index (κ1) is 21.1. The van der Waals surface area contributed by atoms with Gasteiger partial charge in [-0.3, -0.25) is 10.1 Å². The number of thiazole rings is 1. The highest BCUT2D eigenvalue weighted by atomic mass is 32.1. The molecule has 152 valence electrons. The van der Waals surface area contributed by atoms with Crippen LogP contribution in [-0.4, -0.2) is 17.5 Å². The second kappa shape index (κ2) is 9.23. The molecule has 1 N–H and O–H groups in total. The molecular formula is C24H28N2O2S. The van der Waals surface area contributed by atoms with Crippen molar-refractivity contribution in [2.45, 2.75) is 46.0 Å². The average Bonchev–Trinajstić information content (AvgIpc) is 3.13. The number of anilines is 1. The summed E-state index contributed by atoms with van der Waals surface area (Å²) in [5.41, 5.74) is 3.90. The molecule has 1 aromatic heterocycles. The number of nitrogens with one attached hydrogen (secondary N) is 1. The summed E-state index contributed by atoms with van der Waals surface area (Å²) in [6.07, 6.45) is 3.67. The van der Waals surface area contributed by atoms with Gasteiger partial charge < -0.3 is 4.74 Å². The van der Waals surface area contributed by atoms with Crippen molar-refractivity contribution in [3.63, 3.8) is 0 Å². The number of carbonyl (C=O) groups excluding carboxylic acids is 1. The molecule has 1 amide bonds. The molecule has 0 unspecified atom stereocenters. The van der Waals surface area contributed by atoms with E-state index in [-0.39, 0.29) is 17.9 Å². The zero-order valence-corrected chi connectivity index (χ0v) is 18.3. The first-order valence-corrected chi connectivity index (χ1v) is 10.7. The topological polar surface area (TPSA) is 51.2 Å². The lowest BCUT2D eigenvalue weighted by Crippen LogP contribution is -2.20. The van der Waals surface area contributed by atoms with Crippen molar-refractivity contribution in [3.05, 3.63) is 76.3 Å². The van der Waals surface area contributed by atoms with Crippen LogP contribution in [0.15, 0.2) is 54.7 Å². The molecule has 0 saturated carbocycles. The molecule has 0 aliphatic heterocycles. The van der Waals surface area contributed by atoms with Crippen LogP contribution < -0.4 is 10.1 Å². The zero-order chi connectivity index (χ0) is 20.9. The highest BCUT2D eigenvalue weighted by Gasteiger charge is 2.13. The Hall–Kier alpha value is -2.66. The van der Waals surface area contributed by atoms with E-state index in [1.54, 1.807) is 0 Å². The van der Waals surface area contributed by atoms with Gasteiger partial charge in [-0.2, -0.15) is 0 Å². The molecule has 29 heavy (non-hydrogen) atoms. The van der Waals surface area contributed by atoms with Gasteiger partial charge in [-0.05, 0) is 40.7 Å². The molecule has 0 saturated heterocycles. The second-order valence-electron chi connectivity index (χ2n) is 8.09. The van der Waals surface area contributed by atoms with Crippen molar-refractivity contribution in [1.29, 1.82) is 0 Å². The minimum atomic E-state index is -0.210. The van der Waals surface area contributed by atoms with Crippen LogP contribution in [0, 0.1) is 0 Å². The highest BCUT2D eigenvalue weighted by Crippen LogP contribution is 2.24. The van der Waals surface area contributed by atoms with Gasteiger partial charge in [-0.25, -0.2) is 4.98 Å². The van der Waals surface area contributed by atoms with Gasteiger partial charge in [0.1, 0.15) is 5.75 Å². The number of benzene rings is 2. The van der Waals surface area contributed by atoms with E-state index in [1.165, 1.54) is 28.0 Å². The van der Waals surface area contributed by atoms with Gasteiger partial charge in [-0.15, -0.1) is 11.3 Å². The minimum Gasteiger partial charge on any atom is -0.484 e. The van der Waals surface area contributed by atoms with E-state index in [0.717, 1.165) is 17.7 Å². The van der Waals surface area contributed by atoms with Crippen molar-refractivity contribution in [2.75, 3.05) is 11.9 Å². The maximum atomic E-state index is 12.2. The summed E-state index contributed by atoms with van der Waals surface area (Å²) < 4.78 is 5.60. The molecule has 4 nitrogen and oxygen atoms in total. The molecule has 0 aliphatic carbocycles. The monoisotopic (exact) mass is 408 g/mol. The third-order valence-electron chi connectivity index (χ3n) is 4.70. The summed E-state index contributed by atoms with van der Waals surface area (Å²) in [5, 5.41) is 3.41. The Bertz CT molecular complexity index is 938. The summed E-state index contributed by atoms with van der Waals surface area (Å²) in [5.74, 6) is 0.474. The molecule has 5 heteroatoms. The number of hydrogen-bond donors (Lipinski definition) is 1. The third-order valence-corrected chi connectivity index (χ3v) is 5.61. The lowest BCUT2D eigenvalue weighted by molar-refractivity contribution is -0.118. The van der Waals surface area contributed by atoms with Crippen molar-refractivity contribution in [3.8, 4) is 5.75 Å². The number of amides is 1. The molecule has 1 heterocycles. The molecule has 0 aliphatic rings. The highest BCUT2D eigenvalue weighted by molar-refractivity contribution is 7.15. The molecule has 3 aromatic rings. The Morgan fingerprint density at radius 2 is 1.69 bits per heavy atom. The van der Waals surface area contributed by atoms with Crippen LogP contribution in [0.5, 0.6) is 5.75 Å². The normalized spacial score (nSPS) is 11.3. The fourth-order valence-electron chi connectivity index (χ4n) is 2.90. The van der Waals surface area contributed by atoms with Gasteiger partial charge in [0.25, 0.3) is 5.91 Å². The van der Waals surface area contributed by atoms with E-state index >= 15 is 0 Å². The number of aromatic nitrogens is 1. The maximum Gasteiger partial charge on any atom is 0.264 e. The lowest BCUT2D eigenvalue weighted by Gasteiger charge is -2.19. The summed E-state index contributed by atoms with van der Waals surface area (Å²) in [7, 11) is 0. The fourth-order valence-corrected chi connectivity index (χ4v) is 3.76. The standard InChI is InChI=1S/C24H28N2O2S/c1-5-17-6-8-18(9-7-17)14-21-15-25-23(29-21)26-22(27)16-28-20-12-10-19(11-13-20)24(2,3)4/h6-13,15H,5,14,16H2,1-4H3,(H,25,26,27). The van der Waals surface area contributed by atoms with Crippen molar-refractivity contribution >= 4 is 22.4 Å². The molecule has 0 radical (unpaired) electrons. The number of carbonyl (C=O) groups is 1. The van der Waals surface area contributed by atoms with Crippen LogP contribution in [0.4, 0.5) is 5.13 Å². The maximum absolute atomic E-state index is 12.2. The number of hydrogen-bond acceptors (Lipinski definition) is 4. The number of aryl methyl sites for hydroxylation is 1. The Morgan fingerprint density at radius 1 is 1.03 bits per heavy atom.